The zero-order chi connectivity index (χ0) is 19.7. The van der Waals surface area contributed by atoms with Crippen molar-refractivity contribution in [2.24, 2.45) is 0 Å². The third-order valence-corrected chi connectivity index (χ3v) is 7.38. The molecule has 1 saturated heterocycles. The summed E-state index contributed by atoms with van der Waals surface area (Å²) >= 11 is 0. The van der Waals surface area contributed by atoms with Crippen LogP contribution in [-0.4, -0.2) is 49.6 Å². The Balaban J connectivity index is 1.81. The van der Waals surface area contributed by atoms with E-state index in [2.05, 4.69) is 17.4 Å². The van der Waals surface area contributed by atoms with Crippen LogP contribution < -0.4 is 5.32 Å². The number of rotatable bonds is 5. The summed E-state index contributed by atoms with van der Waals surface area (Å²) in [6.45, 7) is 6.47. The SMILES string of the molecule is CCS(=O)(=O)N1CCC2(CC1)OC(CC(=O)NC(C)C)Cc1ccccc12. The first-order chi connectivity index (χ1) is 12.8. The largest absolute Gasteiger partial charge is 0.366 e. The lowest BCUT2D eigenvalue weighted by Crippen LogP contribution is -2.51. The van der Waals surface area contributed by atoms with Gasteiger partial charge in [-0.3, -0.25) is 4.79 Å². The molecule has 0 bridgehead atoms. The fraction of sp³-hybridized carbons (Fsp3) is 0.650. The molecular weight excluding hydrogens is 364 g/mol. The molecule has 27 heavy (non-hydrogen) atoms. The van der Waals surface area contributed by atoms with Gasteiger partial charge < -0.3 is 10.1 Å². The van der Waals surface area contributed by atoms with E-state index < -0.39 is 15.6 Å². The molecule has 7 heteroatoms. The molecule has 1 N–H and O–H groups in total. The van der Waals surface area contributed by atoms with Gasteiger partial charge in [0.25, 0.3) is 0 Å². The Morgan fingerprint density at radius 2 is 1.96 bits per heavy atom. The number of carbonyl (C=O) groups is 1. The number of nitrogens with zero attached hydrogens (tertiary/aromatic N) is 1. The number of piperidine rings is 1. The highest BCUT2D eigenvalue weighted by Gasteiger charge is 2.45. The van der Waals surface area contributed by atoms with Crippen molar-refractivity contribution < 1.29 is 17.9 Å². The van der Waals surface area contributed by atoms with Gasteiger partial charge in [-0.2, -0.15) is 0 Å². The predicted octanol–water partition coefficient (Wildman–Crippen LogP) is 2.18. The van der Waals surface area contributed by atoms with Crippen LogP contribution in [0, 0.1) is 0 Å². The maximum absolute atomic E-state index is 12.2. The quantitative estimate of drug-likeness (QED) is 0.831. The average molecular weight is 395 g/mol. The third kappa shape index (κ3) is 4.36. The number of nitrogens with one attached hydrogen (secondary N) is 1. The van der Waals surface area contributed by atoms with E-state index in [0.717, 1.165) is 5.56 Å². The predicted molar refractivity (Wildman–Crippen MR) is 105 cm³/mol. The van der Waals surface area contributed by atoms with E-state index in [1.54, 1.807) is 11.2 Å². The molecule has 0 saturated carbocycles. The van der Waals surface area contributed by atoms with Gasteiger partial charge in [0.05, 0.1) is 23.9 Å². The van der Waals surface area contributed by atoms with Crippen LogP contribution in [0.3, 0.4) is 0 Å². The van der Waals surface area contributed by atoms with Gasteiger partial charge >= 0.3 is 0 Å². The highest BCUT2D eigenvalue weighted by molar-refractivity contribution is 7.89. The maximum Gasteiger partial charge on any atom is 0.222 e. The molecular formula is C20H30N2O4S. The Hall–Kier alpha value is -1.44. The van der Waals surface area contributed by atoms with E-state index in [1.807, 2.05) is 26.0 Å². The first-order valence-corrected chi connectivity index (χ1v) is 11.4. The van der Waals surface area contributed by atoms with Crippen LogP contribution in [0.15, 0.2) is 24.3 Å². The van der Waals surface area contributed by atoms with Crippen LogP contribution in [-0.2, 0) is 31.6 Å². The zero-order valence-corrected chi connectivity index (χ0v) is 17.2. The molecule has 1 spiro atoms. The van der Waals surface area contributed by atoms with Crippen LogP contribution in [0.2, 0.25) is 0 Å². The van der Waals surface area contributed by atoms with Gasteiger partial charge in [-0.1, -0.05) is 24.3 Å². The maximum atomic E-state index is 12.2. The molecule has 0 aromatic heterocycles. The van der Waals surface area contributed by atoms with Gasteiger partial charge in [0, 0.05) is 19.1 Å². The van der Waals surface area contributed by atoms with Crippen molar-refractivity contribution in [1.29, 1.82) is 0 Å². The topological polar surface area (TPSA) is 75.7 Å². The summed E-state index contributed by atoms with van der Waals surface area (Å²) in [6, 6.07) is 8.31. The molecule has 0 radical (unpaired) electrons. The van der Waals surface area contributed by atoms with Crippen LogP contribution in [0.25, 0.3) is 0 Å². The minimum absolute atomic E-state index is 0.00414. The number of carbonyl (C=O) groups excluding carboxylic acids is 1. The minimum Gasteiger partial charge on any atom is -0.366 e. The molecule has 1 aromatic rings. The van der Waals surface area contributed by atoms with Gasteiger partial charge in [0.2, 0.25) is 15.9 Å². The average Bonchev–Trinajstić information content (AvgIpc) is 2.61. The number of hydrogen-bond donors (Lipinski definition) is 1. The Morgan fingerprint density at radius 1 is 1.30 bits per heavy atom. The number of fused-ring (bicyclic) bond motifs is 2. The minimum atomic E-state index is -3.19. The van der Waals surface area contributed by atoms with E-state index in [9.17, 15) is 13.2 Å². The summed E-state index contributed by atoms with van der Waals surface area (Å²) in [5.41, 5.74) is 1.86. The molecule has 2 aliphatic heterocycles. The number of benzene rings is 1. The molecule has 1 unspecified atom stereocenters. The summed E-state index contributed by atoms with van der Waals surface area (Å²) in [4.78, 5) is 12.2. The molecule has 6 nitrogen and oxygen atoms in total. The second kappa shape index (κ2) is 7.89. The van der Waals surface area contributed by atoms with Crippen molar-refractivity contribution in [2.45, 2.75) is 64.2 Å². The first-order valence-electron chi connectivity index (χ1n) is 9.79. The first kappa shape index (κ1) is 20.3. The summed E-state index contributed by atoms with van der Waals surface area (Å²) in [5.74, 6) is 0.116. The van der Waals surface area contributed by atoms with Crippen molar-refractivity contribution in [3.63, 3.8) is 0 Å². The Kier molecular flexibility index (Phi) is 5.93. The van der Waals surface area contributed by atoms with Crippen LogP contribution in [0.1, 0.15) is 51.2 Å². The molecule has 2 aliphatic rings. The van der Waals surface area contributed by atoms with E-state index in [-0.39, 0.29) is 23.8 Å². The van der Waals surface area contributed by atoms with Crippen molar-refractivity contribution in [3.8, 4) is 0 Å². The van der Waals surface area contributed by atoms with E-state index in [0.29, 0.717) is 38.8 Å². The smallest absolute Gasteiger partial charge is 0.222 e. The highest BCUT2D eigenvalue weighted by Crippen LogP contribution is 2.44. The van der Waals surface area contributed by atoms with Gasteiger partial charge in [-0.05, 0) is 51.2 Å². The third-order valence-electron chi connectivity index (χ3n) is 5.50. The molecule has 1 aromatic carbocycles. The fourth-order valence-corrected chi connectivity index (χ4v) is 5.31. The highest BCUT2D eigenvalue weighted by atomic mass is 32.2. The van der Waals surface area contributed by atoms with E-state index in [1.165, 1.54) is 5.56 Å². The van der Waals surface area contributed by atoms with E-state index >= 15 is 0 Å². The van der Waals surface area contributed by atoms with Crippen LogP contribution in [0.4, 0.5) is 0 Å². The van der Waals surface area contributed by atoms with Crippen molar-refractivity contribution in [3.05, 3.63) is 35.4 Å². The Bertz CT molecular complexity index is 783. The monoisotopic (exact) mass is 394 g/mol. The fourth-order valence-electron chi connectivity index (χ4n) is 4.21. The number of amides is 1. The molecule has 3 rings (SSSR count). The molecule has 1 fully saturated rings. The molecule has 0 aliphatic carbocycles. The summed E-state index contributed by atoms with van der Waals surface area (Å²) in [6.07, 6.45) is 2.08. The normalized spacial score (nSPS) is 22.6. The van der Waals surface area contributed by atoms with Crippen molar-refractivity contribution in [1.82, 2.24) is 9.62 Å². The molecule has 1 amide bonds. The van der Waals surface area contributed by atoms with Crippen molar-refractivity contribution in [2.75, 3.05) is 18.8 Å². The van der Waals surface area contributed by atoms with E-state index in [4.69, 9.17) is 4.74 Å². The van der Waals surface area contributed by atoms with Gasteiger partial charge in [-0.25, -0.2) is 12.7 Å². The summed E-state index contributed by atoms with van der Waals surface area (Å²) in [5, 5.41) is 2.93. The molecule has 1 atom stereocenters. The van der Waals surface area contributed by atoms with Gasteiger partial charge in [0.1, 0.15) is 0 Å². The number of hydrogen-bond acceptors (Lipinski definition) is 4. The zero-order valence-electron chi connectivity index (χ0n) is 16.4. The molecule has 2 heterocycles. The lowest BCUT2D eigenvalue weighted by molar-refractivity contribution is -0.146. The Morgan fingerprint density at radius 3 is 2.59 bits per heavy atom. The van der Waals surface area contributed by atoms with Crippen molar-refractivity contribution >= 4 is 15.9 Å². The summed E-state index contributed by atoms with van der Waals surface area (Å²) in [7, 11) is -3.19. The molecule has 150 valence electrons. The van der Waals surface area contributed by atoms with Crippen LogP contribution >= 0.6 is 0 Å². The lowest BCUT2D eigenvalue weighted by atomic mass is 9.78. The number of ether oxygens (including phenoxy) is 1. The second-order valence-corrected chi connectivity index (χ2v) is 10.1. The second-order valence-electron chi connectivity index (χ2n) is 7.82. The standard InChI is InChI=1S/C20H30N2O4S/c1-4-27(24,25)22-11-9-20(10-12-22)18-8-6-5-7-16(18)13-17(26-20)14-19(23)21-15(2)3/h5-8,15,17H,4,9-14H2,1-3H3,(H,21,23). The number of sulfonamides is 1. The lowest BCUT2D eigenvalue weighted by Gasteiger charge is -2.47. The van der Waals surface area contributed by atoms with Gasteiger partial charge in [0.15, 0.2) is 0 Å². The Labute approximate surface area is 162 Å². The summed E-state index contributed by atoms with van der Waals surface area (Å²) < 4.78 is 32.5. The van der Waals surface area contributed by atoms with Crippen LogP contribution in [0.5, 0.6) is 0 Å². The van der Waals surface area contributed by atoms with Gasteiger partial charge in [-0.15, -0.1) is 0 Å².